The molecule has 2 N–H and O–H groups in total. The number of hydrogen-bond donors (Lipinski definition) is 1. The van der Waals surface area contributed by atoms with Gasteiger partial charge in [0.25, 0.3) is 0 Å². The van der Waals surface area contributed by atoms with Gasteiger partial charge in [-0.05, 0) is 52.9 Å². The molecule has 6 heteroatoms. The van der Waals surface area contributed by atoms with Gasteiger partial charge in [-0.1, -0.05) is 19.3 Å². The lowest BCUT2D eigenvalue weighted by atomic mass is 9.89. The lowest BCUT2D eigenvalue weighted by Crippen LogP contribution is -2.32. The fourth-order valence-corrected chi connectivity index (χ4v) is 4.22. The minimum Gasteiger partial charge on any atom is -0.398 e. The monoisotopic (exact) mass is 360 g/mol. The van der Waals surface area contributed by atoms with Gasteiger partial charge in [0.15, 0.2) is 0 Å². The Bertz CT molecular complexity index is 569. The first-order valence-corrected chi connectivity index (χ1v) is 9.16. The minimum atomic E-state index is -3.45. The van der Waals surface area contributed by atoms with Crippen LogP contribution in [-0.2, 0) is 10.0 Å². The van der Waals surface area contributed by atoms with E-state index in [4.69, 9.17) is 5.73 Å². The summed E-state index contributed by atoms with van der Waals surface area (Å²) >= 11 is 3.28. The molecule has 0 aromatic heterocycles. The summed E-state index contributed by atoms with van der Waals surface area (Å²) in [5, 5.41) is 0. The maximum absolute atomic E-state index is 12.5. The van der Waals surface area contributed by atoms with Crippen molar-refractivity contribution in [2.24, 2.45) is 5.92 Å². The van der Waals surface area contributed by atoms with Crippen LogP contribution in [0.4, 0.5) is 5.69 Å². The van der Waals surface area contributed by atoms with Gasteiger partial charge in [0, 0.05) is 23.8 Å². The van der Waals surface area contributed by atoms with E-state index in [1.54, 1.807) is 19.2 Å². The average Bonchev–Trinajstić information content (AvgIpc) is 2.42. The van der Waals surface area contributed by atoms with Crippen molar-refractivity contribution in [3.63, 3.8) is 0 Å². The SMILES string of the molecule is CN(CC1CCCCC1)S(=O)(=O)c1ccc(Br)c(N)c1. The first kappa shape index (κ1) is 15.8. The minimum absolute atomic E-state index is 0.261. The fraction of sp³-hybridized carbons (Fsp3) is 0.571. The van der Waals surface area contributed by atoms with Crippen LogP contribution in [0, 0.1) is 5.92 Å². The molecule has 0 bridgehead atoms. The molecule has 4 nitrogen and oxygen atoms in total. The summed E-state index contributed by atoms with van der Waals surface area (Å²) in [5.74, 6) is 0.483. The van der Waals surface area contributed by atoms with Gasteiger partial charge in [0.2, 0.25) is 10.0 Å². The first-order valence-electron chi connectivity index (χ1n) is 6.92. The van der Waals surface area contributed by atoms with Gasteiger partial charge in [-0.3, -0.25) is 0 Å². The highest BCUT2D eigenvalue weighted by Gasteiger charge is 2.25. The Balaban J connectivity index is 2.13. The number of nitrogens with zero attached hydrogens (tertiary/aromatic N) is 1. The van der Waals surface area contributed by atoms with Crippen molar-refractivity contribution in [3.8, 4) is 0 Å². The number of nitrogens with two attached hydrogens (primary N) is 1. The van der Waals surface area contributed by atoms with Crippen molar-refractivity contribution < 1.29 is 8.42 Å². The summed E-state index contributed by atoms with van der Waals surface area (Å²) in [7, 11) is -1.79. The highest BCUT2D eigenvalue weighted by atomic mass is 79.9. The second-order valence-electron chi connectivity index (χ2n) is 5.47. The quantitative estimate of drug-likeness (QED) is 0.838. The molecule has 112 valence electrons. The third-order valence-corrected chi connectivity index (χ3v) is 6.46. The summed E-state index contributed by atoms with van der Waals surface area (Å²) in [4.78, 5) is 0.261. The third kappa shape index (κ3) is 3.54. The molecule has 20 heavy (non-hydrogen) atoms. The molecule has 0 spiro atoms. The van der Waals surface area contributed by atoms with E-state index in [1.807, 2.05) is 0 Å². The number of rotatable bonds is 4. The van der Waals surface area contributed by atoms with Crippen molar-refractivity contribution in [2.45, 2.75) is 37.0 Å². The van der Waals surface area contributed by atoms with Crippen LogP contribution in [-0.4, -0.2) is 26.3 Å². The molecule has 0 unspecified atom stereocenters. The molecule has 0 saturated heterocycles. The van der Waals surface area contributed by atoms with Crippen LogP contribution in [0.5, 0.6) is 0 Å². The maximum atomic E-state index is 12.5. The lowest BCUT2D eigenvalue weighted by Gasteiger charge is -2.26. The predicted octanol–water partition coefficient (Wildman–Crippen LogP) is 3.23. The first-order chi connectivity index (χ1) is 9.41. The molecular formula is C14H21BrN2O2S. The zero-order valence-corrected chi connectivity index (χ0v) is 14.1. The summed E-state index contributed by atoms with van der Waals surface area (Å²) in [6.45, 7) is 0.596. The van der Waals surface area contributed by atoms with E-state index in [9.17, 15) is 8.42 Å². The number of nitrogen functional groups attached to an aromatic ring is 1. The predicted molar refractivity (Wildman–Crippen MR) is 84.9 cm³/mol. The van der Waals surface area contributed by atoms with E-state index in [-0.39, 0.29) is 4.90 Å². The van der Waals surface area contributed by atoms with Gasteiger partial charge < -0.3 is 5.73 Å². The molecule has 1 fully saturated rings. The molecule has 2 rings (SSSR count). The van der Waals surface area contributed by atoms with Crippen LogP contribution in [0.2, 0.25) is 0 Å². The van der Waals surface area contributed by atoms with Crippen LogP contribution in [0.1, 0.15) is 32.1 Å². The maximum Gasteiger partial charge on any atom is 0.242 e. The topological polar surface area (TPSA) is 63.4 Å². The Morgan fingerprint density at radius 1 is 1.30 bits per heavy atom. The van der Waals surface area contributed by atoms with Gasteiger partial charge in [-0.2, -0.15) is 0 Å². The van der Waals surface area contributed by atoms with Gasteiger partial charge in [-0.15, -0.1) is 0 Å². The molecule has 0 radical (unpaired) electrons. The van der Waals surface area contributed by atoms with Crippen molar-refractivity contribution in [1.82, 2.24) is 4.31 Å². The zero-order chi connectivity index (χ0) is 14.8. The normalized spacial score (nSPS) is 17.6. The summed E-state index contributed by atoms with van der Waals surface area (Å²) in [5.41, 5.74) is 6.21. The van der Waals surface area contributed by atoms with E-state index < -0.39 is 10.0 Å². The van der Waals surface area contributed by atoms with E-state index in [0.717, 1.165) is 12.8 Å². The van der Waals surface area contributed by atoms with E-state index in [1.165, 1.54) is 29.6 Å². The molecular weight excluding hydrogens is 340 g/mol. The highest BCUT2D eigenvalue weighted by Crippen LogP contribution is 2.28. The van der Waals surface area contributed by atoms with Crippen LogP contribution in [0.25, 0.3) is 0 Å². The Morgan fingerprint density at radius 3 is 2.55 bits per heavy atom. The number of benzene rings is 1. The number of sulfonamides is 1. The molecule has 0 heterocycles. The number of anilines is 1. The fourth-order valence-electron chi connectivity index (χ4n) is 2.69. The number of halogens is 1. The summed E-state index contributed by atoms with van der Waals surface area (Å²) < 4.78 is 27.2. The molecule has 1 aliphatic rings. The average molecular weight is 361 g/mol. The molecule has 0 amide bonds. The largest absolute Gasteiger partial charge is 0.398 e. The Labute approximate surface area is 129 Å². The molecule has 0 atom stereocenters. The molecule has 1 saturated carbocycles. The van der Waals surface area contributed by atoms with Crippen molar-refractivity contribution in [2.75, 3.05) is 19.3 Å². The van der Waals surface area contributed by atoms with Crippen molar-refractivity contribution in [3.05, 3.63) is 22.7 Å². The zero-order valence-electron chi connectivity index (χ0n) is 11.7. The van der Waals surface area contributed by atoms with Crippen LogP contribution < -0.4 is 5.73 Å². The second kappa shape index (κ2) is 6.45. The second-order valence-corrected chi connectivity index (χ2v) is 8.37. The summed E-state index contributed by atoms with van der Waals surface area (Å²) in [6.07, 6.45) is 5.95. The van der Waals surface area contributed by atoms with E-state index >= 15 is 0 Å². The van der Waals surface area contributed by atoms with Crippen molar-refractivity contribution in [1.29, 1.82) is 0 Å². The number of hydrogen-bond acceptors (Lipinski definition) is 3. The van der Waals surface area contributed by atoms with E-state index in [0.29, 0.717) is 22.6 Å². The smallest absolute Gasteiger partial charge is 0.242 e. The van der Waals surface area contributed by atoms with Gasteiger partial charge in [0.05, 0.1) is 4.90 Å². The Hall–Kier alpha value is -0.590. The Morgan fingerprint density at radius 2 is 1.95 bits per heavy atom. The van der Waals surface area contributed by atoms with Gasteiger partial charge in [-0.25, -0.2) is 12.7 Å². The van der Waals surface area contributed by atoms with Crippen LogP contribution in [0.15, 0.2) is 27.6 Å². The third-order valence-electron chi connectivity index (χ3n) is 3.92. The van der Waals surface area contributed by atoms with Gasteiger partial charge >= 0.3 is 0 Å². The van der Waals surface area contributed by atoms with Crippen molar-refractivity contribution >= 4 is 31.6 Å². The van der Waals surface area contributed by atoms with E-state index in [2.05, 4.69) is 15.9 Å². The molecule has 1 aromatic rings. The van der Waals surface area contributed by atoms with Crippen LogP contribution >= 0.6 is 15.9 Å². The molecule has 1 aliphatic carbocycles. The molecule has 0 aliphatic heterocycles. The lowest BCUT2D eigenvalue weighted by molar-refractivity contribution is 0.300. The van der Waals surface area contributed by atoms with Gasteiger partial charge in [0.1, 0.15) is 0 Å². The standard InChI is InChI=1S/C14H21BrN2O2S/c1-17(10-11-5-3-2-4-6-11)20(18,19)12-7-8-13(15)14(16)9-12/h7-9,11H,2-6,10,16H2,1H3. The van der Waals surface area contributed by atoms with Crippen LogP contribution in [0.3, 0.4) is 0 Å². The highest BCUT2D eigenvalue weighted by molar-refractivity contribution is 9.10. The summed E-state index contributed by atoms with van der Waals surface area (Å²) in [6, 6.07) is 4.78. The Kier molecular flexibility index (Phi) is 5.09. The molecule has 1 aromatic carbocycles.